The summed E-state index contributed by atoms with van der Waals surface area (Å²) < 4.78 is 9.03. The molecule has 3 heterocycles. The Hall–Kier alpha value is -8.09. The molecule has 10 aromatic rings. The average molecular weight is 770 g/mol. The molecule has 2 aromatic heterocycles. The molecule has 0 saturated heterocycles. The van der Waals surface area contributed by atoms with Crippen molar-refractivity contribution >= 4 is 28.0 Å². The van der Waals surface area contributed by atoms with Crippen LogP contribution in [0.2, 0.25) is 0 Å². The Balaban J connectivity index is 1.24. The predicted molar refractivity (Wildman–Crippen MR) is 240 cm³/mol. The third-order valence-corrected chi connectivity index (χ3v) is 11.9. The molecule has 0 amide bonds. The van der Waals surface area contributed by atoms with E-state index in [-0.39, 0.29) is 0 Å². The lowest BCUT2D eigenvalue weighted by atomic mass is 9.66. The molecule has 2 aliphatic rings. The lowest BCUT2D eigenvalue weighted by Gasteiger charge is -2.39. The van der Waals surface area contributed by atoms with Gasteiger partial charge < -0.3 is 9.64 Å². The van der Waals surface area contributed by atoms with Crippen molar-refractivity contribution in [1.29, 1.82) is 0 Å². The predicted octanol–water partition coefficient (Wildman–Crippen LogP) is 13.1. The molecular formula is C54H35N5O. The zero-order chi connectivity index (χ0) is 39.6. The Labute approximate surface area is 347 Å². The van der Waals surface area contributed by atoms with Crippen LogP contribution in [0, 0.1) is 0 Å². The molecular weight excluding hydrogens is 735 g/mol. The fourth-order valence-corrected chi connectivity index (χ4v) is 9.46. The first-order chi connectivity index (χ1) is 29.8. The fourth-order valence-electron chi connectivity index (χ4n) is 9.46. The summed E-state index contributed by atoms with van der Waals surface area (Å²) in [5, 5.41) is 1.09. The maximum Gasteiger partial charge on any atom is 0.238 e. The summed E-state index contributed by atoms with van der Waals surface area (Å²) in [4.78, 5) is 18.1. The van der Waals surface area contributed by atoms with Gasteiger partial charge in [-0.25, -0.2) is 4.98 Å². The van der Waals surface area contributed by atoms with Crippen molar-refractivity contribution in [2.24, 2.45) is 0 Å². The number of benzene rings is 8. The zero-order valence-corrected chi connectivity index (χ0v) is 32.4. The topological polar surface area (TPSA) is 56.1 Å². The smallest absolute Gasteiger partial charge is 0.238 e. The van der Waals surface area contributed by atoms with Crippen LogP contribution in [-0.2, 0) is 5.41 Å². The van der Waals surface area contributed by atoms with Crippen LogP contribution >= 0.6 is 0 Å². The van der Waals surface area contributed by atoms with E-state index in [1.54, 1.807) is 0 Å². The molecule has 60 heavy (non-hydrogen) atoms. The molecule has 0 fully saturated rings. The highest BCUT2D eigenvalue weighted by atomic mass is 16.5. The molecule has 6 nitrogen and oxygen atoms in total. The third-order valence-electron chi connectivity index (χ3n) is 11.9. The van der Waals surface area contributed by atoms with E-state index in [2.05, 4.69) is 185 Å². The van der Waals surface area contributed by atoms with Crippen LogP contribution in [0.4, 0.5) is 17.1 Å². The largest absolute Gasteiger partial charge is 0.457 e. The summed E-state index contributed by atoms with van der Waals surface area (Å²) in [6.45, 7) is 0. The summed E-state index contributed by atoms with van der Waals surface area (Å²) in [6, 6.07) is 74.1. The van der Waals surface area contributed by atoms with Crippen molar-refractivity contribution in [3.8, 4) is 51.5 Å². The van der Waals surface area contributed by atoms with Crippen molar-refractivity contribution in [3.63, 3.8) is 0 Å². The van der Waals surface area contributed by atoms with Crippen molar-refractivity contribution in [3.05, 3.63) is 235 Å². The van der Waals surface area contributed by atoms with Crippen LogP contribution in [-0.4, -0.2) is 19.5 Å². The van der Waals surface area contributed by atoms with Gasteiger partial charge in [0.2, 0.25) is 5.95 Å². The van der Waals surface area contributed by atoms with Crippen molar-refractivity contribution in [2.45, 2.75) is 5.41 Å². The molecule has 6 heteroatoms. The van der Waals surface area contributed by atoms with Crippen LogP contribution in [0.25, 0.3) is 50.9 Å². The van der Waals surface area contributed by atoms with Gasteiger partial charge in [-0.15, -0.1) is 0 Å². The number of nitrogens with zero attached hydrogens (tertiary/aromatic N) is 5. The molecule has 0 radical (unpaired) electrons. The molecule has 1 aliphatic heterocycles. The van der Waals surface area contributed by atoms with Gasteiger partial charge in [-0.3, -0.25) is 4.57 Å². The second kappa shape index (κ2) is 13.5. The summed E-state index contributed by atoms with van der Waals surface area (Å²) >= 11 is 0. The summed E-state index contributed by atoms with van der Waals surface area (Å²) in [5.74, 6) is 3.43. The van der Waals surface area contributed by atoms with E-state index in [9.17, 15) is 0 Å². The molecule has 282 valence electrons. The van der Waals surface area contributed by atoms with Gasteiger partial charge in [0, 0.05) is 55.8 Å². The number of ether oxygens (including phenoxy) is 1. The van der Waals surface area contributed by atoms with E-state index in [1.165, 1.54) is 5.56 Å². The number of aromatic nitrogens is 4. The second-order valence-electron chi connectivity index (χ2n) is 15.2. The minimum atomic E-state index is -0.735. The lowest BCUT2D eigenvalue weighted by Crippen LogP contribution is -2.32. The standard InChI is InChI=1S/C54H35N5O/c1-5-19-36(20-6-1)51-55-52(37-21-7-2-8-22-37)57-53(56-51)59-46-34-33-40(58(38-23-9-3-10-24-38)39-25-11-4-12-26-39)35-42(46)49-50(59)41-27-13-14-28-43(41)54(49)44-29-15-17-31-47(44)60-48-32-18-16-30-45(48)54/h1-35H. The van der Waals surface area contributed by atoms with Gasteiger partial charge in [0.05, 0.1) is 16.6 Å². The second-order valence-corrected chi connectivity index (χ2v) is 15.2. The van der Waals surface area contributed by atoms with Crippen LogP contribution in [0.5, 0.6) is 11.5 Å². The number of hydrogen-bond acceptors (Lipinski definition) is 5. The molecule has 12 rings (SSSR count). The number of rotatable bonds is 6. The summed E-state index contributed by atoms with van der Waals surface area (Å²) in [5.41, 5.74) is 11.9. The highest BCUT2D eigenvalue weighted by Crippen LogP contribution is 2.64. The van der Waals surface area contributed by atoms with Crippen LogP contribution in [0.15, 0.2) is 212 Å². The lowest BCUT2D eigenvalue weighted by molar-refractivity contribution is 0.437. The minimum absolute atomic E-state index is 0.546. The highest BCUT2D eigenvalue weighted by molar-refractivity contribution is 6.04. The van der Waals surface area contributed by atoms with Gasteiger partial charge in [0.25, 0.3) is 0 Å². The quantitative estimate of drug-likeness (QED) is 0.169. The summed E-state index contributed by atoms with van der Waals surface area (Å²) in [7, 11) is 0. The van der Waals surface area contributed by atoms with Gasteiger partial charge in [-0.1, -0.05) is 158 Å². The van der Waals surface area contributed by atoms with Gasteiger partial charge in [0.1, 0.15) is 11.5 Å². The first kappa shape index (κ1) is 34.0. The SMILES string of the molecule is c1ccc(-c2nc(-c3ccccc3)nc(-n3c4c(c5cc(N(c6ccccc6)c6ccccc6)ccc53)C3(c5ccccc5Oc5ccccc53)c3ccccc3-4)n2)cc1. The van der Waals surface area contributed by atoms with E-state index in [0.29, 0.717) is 17.6 Å². The molecule has 0 unspecified atom stereocenters. The molecule has 8 aromatic carbocycles. The number of para-hydroxylation sites is 4. The zero-order valence-electron chi connectivity index (χ0n) is 32.4. The van der Waals surface area contributed by atoms with E-state index in [4.69, 9.17) is 19.7 Å². The maximum absolute atomic E-state index is 6.76. The van der Waals surface area contributed by atoms with Gasteiger partial charge in [-0.05, 0) is 60.2 Å². The molecule has 1 aliphatic carbocycles. The first-order valence-electron chi connectivity index (χ1n) is 20.2. The van der Waals surface area contributed by atoms with Crippen molar-refractivity contribution in [1.82, 2.24) is 19.5 Å². The summed E-state index contributed by atoms with van der Waals surface area (Å²) in [6.07, 6.45) is 0. The molecule has 0 N–H and O–H groups in total. The number of hydrogen-bond donors (Lipinski definition) is 0. The average Bonchev–Trinajstić information content (AvgIpc) is 3.81. The highest BCUT2D eigenvalue weighted by Gasteiger charge is 2.54. The number of anilines is 3. The Bertz CT molecular complexity index is 3090. The monoisotopic (exact) mass is 769 g/mol. The Morgan fingerprint density at radius 1 is 0.433 bits per heavy atom. The molecule has 0 atom stereocenters. The van der Waals surface area contributed by atoms with Gasteiger partial charge >= 0.3 is 0 Å². The van der Waals surface area contributed by atoms with E-state index in [0.717, 1.165) is 78.5 Å². The Morgan fingerprint density at radius 2 is 0.917 bits per heavy atom. The molecule has 1 spiro atoms. The van der Waals surface area contributed by atoms with Crippen LogP contribution in [0.1, 0.15) is 22.3 Å². The Kier molecular flexibility index (Phi) is 7.65. The van der Waals surface area contributed by atoms with Crippen molar-refractivity contribution < 1.29 is 4.74 Å². The minimum Gasteiger partial charge on any atom is -0.457 e. The molecule has 0 saturated carbocycles. The Morgan fingerprint density at radius 3 is 1.48 bits per heavy atom. The number of fused-ring (bicyclic) bond motifs is 11. The van der Waals surface area contributed by atoms with Crippen LogP contribution < -0.4 is 9.64 Å². The van der Waals surface area contributed by atoms with E-state index >= 15 is 0 Å². The third kappa shape index (κ3) is 5.04. The van der Waals surface area contributed by atoms with Crippen molar-refractivity contribution in [2.75, 3.05) is 4.90 Å². The van der Waals surface area contributed by atoms with Crippen LogP contribution in [0.3, 0.4) is 0 Å². The maximum atomic E-state index is 6.76. The van der Waals surface area contributed by atoms with E-state index < -0.39 is 5.41 Å². The van der Waals surface area contributed by atoms with Gasteiger partial charge in [-0.2, -0.15) is 9.97 Å². The van der Waals surface area contributed by atoms with E-state index in [1.807, 2.05) is 36.4 Å². The normalized spacial score (nSPS) is 12.9. The fraction of sp³-hybridized carbons (Fsp3) is 0.0185. The first-order valence-corrected chi connectivity index (χ1v) is 20.2. The van der Waals surface area contributed by atoms with Gasteiger partial charge in [0.15, 0.2) is 11.6 Å². The molecule has 0 bridgehead atoms.